The minimum absolute atomic E-state index is 0.122. The summed E-state index contributed by atoms with van der Waals surface area (Å²) < 4.78 is 0. The smallest absolute Gasteiger partial charge is 0.354 e. The Bertz CT molecular complexity index is 641. The fourth-order valence-corrected chi connectivity index (χ4v) is 1.52. The molecule has 6 nitrogen and oxygen atoms in total. The van der Waals surface area contributed by atoms with Gasteiger partial charge >= 0.3 is 5.97 Å². The molecular formula is C13H11N3O3. The van der Waals surface area contributed by atoms with E-state index in [2.05, 4.69) is 15.3 Å². The SMILES string of the molecule is Cc1cc(C(=O)Nc2ccnc(C(=O)O)c2)ccn1. The first kappa shape index (κ1) is 12.7. The number of amides is 1. The number of aromatic nitrogens is 2. The van der Waals surface area contributed by atoms with Crippen molar-refractivity contribution in [3.05, 3.63) is 53.6 Å². The number of hydrogen-bond donors (Lipinski definition) is 2. The maximum Gasteiger partial charge on any atom is 0.354 e. The average Bonchev–Trinajstić information content (AvgIpc) is 2.39. The number of nitrogens with one attached hydrogen (secondary N) is 1. The summed E-state index contributed by atoms with van der Waals surface area (Å²) in [4.78, 5) is 30.4. The van der Waals surface area contributed by atoms with Crippen molar-refractivity contribution in [3.63, 3.8) is 0 Å². The minimum atomic E-state index is -1.14. The van der Waals surface area contributed by atoms with Gasteiger partial charge in [-0.3, -0.25) is 9.78 Å². The molecule has 0 saturated heterocycles. The van der Waals surface area contributed by atoms with E-state index in [1.165, 1.54) is 18.3 Å². The van der Waals surface area contributed by atoms with Gasteiger partial charge in [-0.1, -0.05) is 0 Å². The van der Waals surface area contributed by atoms with E-state index in [1.54, 1.807) is 25.3 Å². The number of anilines is 1. The highest BCUT2D eigenvalue weighted by atomic mass is 16.4. The maximum absolute atomic E-state index is 11.9. The lowest BCUT2D eigenvalue weighted by atomic mass is 10.2. The minimum Gasteiger partial charge on any atom is -0.477 e. The molecule has 1 amide bonds. The van der Waals surface area contributed by atoms with Gasteiger partial charge in [-0.2, -0.15) is 0 Å². The molecule has 2 aromatic heterocycles. The van der Waals surface area contributed by atoms with Gasteiger partial charge in [0.15, 0.2) is 0 Å². The van der Waals surface area contributed by atoms with Gasteiger partial charge in [-0.05, 0) is 31.2 Å². The summed E-state index contributed by atoms with van der Waals surface area (Å²) in [5.41, 5.74) is 1.45. The molecule has 6 heteroatoms. The molecule has 0 atom stereocenters. The van der Waals surface area contributed by atoms with Gasteiger partial charge in [-0.15, -0.1) is 0 Å². The molecular weight excluding hydrogens is 246 g/mol. The number of carbonyl (C=O) groups is 2. The summed E-state index contributed by atoms with van der Waals surface area (Å²) in [6, 6.07) is 6.06. The van der Waals surface area contributed by atoms with E-state index < -0.39 is 5.97 Å². The Balaban J connectivity index is 2.19. The molecule has 0 unspecified atom stereocenters. The van der Waals surface area contributed by atoms with Crippen LogP contribution in [0.15, 0.2) is 36.7 Å². The van der Waals surface area contributed by atoms with E-state index in [4.69, 9.17) is 5.11 Å². The molecule has 2 heterocycles. The quantitative estimate of drug-likeness (QED) is 0.873. The Labute approximate surface area is 109 Å². The highest BCUT2D eigenvalue weighted by Crippen LogP contribution is 2.10. The number of carboxylic acids is 1. The van der Waals surface area contributed by atoms with Crippen molar-refractivity contribution in [2.45, 2.75) is 6.92 Å². The van der Waals surface area contributed by atoms with Crippen LogP contribution in [0, 0.1) is 6.92 Å². The van der Waals surface area contributed by atoms with Crippen LogP contribution in [-0.2, 0) is 0 Å². The van der Waals surface area contributed by atoms with Crippen molar-refractivity contribution in [2.24, 2.45) is 0 Å². The van der Waals surface area contributed by atoms with Gasteiger partial charge < -0.3 is 10.4 Å². The molecule has 2 N–H and O–H groups in total. The normalized spacial score (nSPS) is 9.95. The number of carbonyl (C=O) groups excluding carboxylic acids is 1. The fourth-order valence-electron chi connectivity index (χ4n) is 1.52. The van der Waals surface area contributed by atoms with E-state index in [0.29, 0.717) is 11.3 Å². The van der Waals surface area contributed by atoms with Crippen LogP contribution < -0.4 is 5.32 Å². The molecule has 0 spiro atoms. The van der Waals surface area contributed by atoms with E-state index in [9.17, 15) is 9.59 Å². The summed E-state index contributed by atoms with van der Waals surface area (Å²) in [5.74, 6) is -1.47. The van der Waals surface area contributed by atoms with Gasteiger partial charge in [-0.25, -0.2) is 9.78 Å². The van der Waals surface area contributed by atoms with Crippen LogP contribution in [0.5, 0.6) is 0 Å². The van der Waals surface area contributed by atoms with Gasteiger partial charge in [0.25, 0.3) is 5.91 Å². The summed E-state index contributed by atoms with van der Waals surface area (Å²) in [7, 11) is 0. The van der Waals surface area contributed by atoms with Crippen LogP contribution in [0.1, 0.15) is 26.5 Å². The Morgan fingerprint density at radius 2 is 1.89 bits per heavy atom. The second kappa shape index (κ2) is 5.26. The van der Waals surface area contributed by atoms with Crippen molar-refractivity contribution in [2.75, 3.05) is 5.32 Å². The molecule has 19 heavy (non-hydrogen) atoms. The molecule has 2 rings (SSSR count). The number of pyridine rings is 2. The molecule has 0 aromatic carbocycles. The van der Waals surface area contributed by atoms with E-state index in [1.807, 2.05) is 0 Å². The van der Waals surface area contributed by atoms with E-state index in [-0.39, 0.29) is 11.6 Å². The van der Waals surface area contributed by atoms with Crippen LogP contribution in [0.4, 0.5) is 5.69 Å². The van der Waals surface area contributed by atoms with Crippen molar-refractivity contribution in [3.8, 4) is 0 Å². The monoisotopic (exact) mass is 257 g/mol. The van der Waals surface area contributed by atoms with Crippen LogP contribution in [0.3, 0.4) is 0 Å². The molecule has 0 aliphatic carbocycles. The second-order valence-electron chi connectivity index (χ2n) is 3.87. The molecule has 0 aliphatic heterocycles. The number of carboxylic acid groups (broad SMARTS) is 1. The average molecular weight is 257 g/mol. The lowest BCUT2D eigenvalue weighted by Gasteiger charge is -2.06. The molecule has 0 aliphatic rings. The Morgan fingerprint density at radius 3 is 2.58 bits per heavy atom. The zero-order valence-electron chi connectivity index (χ0n) is 10.1. The highest BCUT2D eigenvalue weighted by Gasteiger charge is 2.09. The molecule has 0 bridgehead atoms. The van der Waals surface area contributed by atoms with Gasteiger partial charge in [0.05, 0.1) is 0 Å². The zero-order chi connectivity index (χ0) is 13.8. The third kappa shape index (κ3) is 3.12. The van der Waals surface area contributed by atoms with Gasteiger partial charge in [0, 0.05) is 29.3 Å². The molecule has 96 valence electrons. The summed E-state index contributed by atoms with van der Waals surface area (Å²) >= 11 is 0. The number of aryl methyl sites for hydroxylation is 1. The predicted octanol–water partition coefficient (Wildman–Crippen LogP) is 1.74. The number of rotatable bonds is 3. The zero-order valence-corrected chi connectivity index (χ0v) is 10.1. The summed E-state index contributed by atoms with van der Waals surface area (Å²) in [5, 5.41) is 11.4. The van der Waals surface area contributed by atoms with E-state index >= 15 is 0 Å². The largest absolute Gasteiger partial charge is 0.477 e. The topological polar surface area (TPSA) is 92.2 Å². The Kier molecular flexibility index (Phi) is 3.51. The fraction of sp³-hybridized carbons (Fsp3) is 0.0769. The first-order valence-corrected chi connectivity index (χ1v) is 5.49. The number of nitrogens with zero attached hydrogens (tertiary/aromatic N) is 2. The highest BCUT2D eigenvalue weighted by molar-refractivity contribution is 6.04. The van der Waals surface area contributed by atoms with Crippen LogP contribution in [0.25, 0.3) is 0 Å². The summed E-state index contributed by atoms with van der Waals surface area (Å²) in [6.45, 7) is 1.78. The van der Waals surface area contributed by atoms with Crippen molar-refractivity contribution < 1.29 is 14.7 Å². The van der Waals surface area contributed by atoms with Crippen molar-refractivity contribution in [1.82, 2.24) is 9.97 Å². The third-order valence-corrected chi connectivity index (χ3v) is 2.40. The second-order valence-corrected chi connectivity index (χ2v) is 3.87. The molecule has 0 fully saturated rings. The summed E-state index contributed by atoms with van der Waals surface area (Å²) in [6.07, 6.45) is 2.87. The van der Waals surface area contributed by atoms with Crippen molar-refractivity contribution in [1.29, 1.82) is 0 Å². The lowest BCUT2D eigenvalue weighted by Crippen LogP contribution is -2.13. The standard InChI is InChI=1S/C13H11N3O3/c1-8-6-9(2-4-14-8)12(17)16-10-3-5-15-11(7-10)13(18)19/h2-7H,1H3,(H,18,19)(H,15,16,17). The molecule has 2 aromatic rings. The first-order chi connectivity index (χ1) is 9.06. The van der Waals surface area contributed by atoms with Gasteiger partial charge in [0.1, 0.15) is 5.69 Å². The number of hydrogen-bond acceptors (Lipinski definition) is 4. The van der Waals surface area contributed by atoms with Crippen LogP contribution in [0.2, 0.25) is 0 Å². The van der Waals surface area contributed by atoms with Crippen LogP contribution >= 0.6 is 0 Å². The molecule has 0 radical (unpaired) electrons. The Morgan fingerprint density at radius 1 is 1.16 bits per heavy atom. The lowest BCUT2D eigenvalue weighted by molar-refractivity contribution is 0.0690. The molecule has 0 saturated carbocycles. The van der Waals surface area contributed by atoms with E-state index in [0.717, 1.165) is 5.69 Å². The third-order valence-electron chi connectivity index (χ3n) is 2.40. The van der Waals surface area contributed by atoms with Crippen molar-refractivity contribution >= 4 is 17.6 Å². The predicted molar refractivity (Wildman–Crippen MR) is 68.1 cm³/mol. The number of aromatic carboxylic acids is 1. The maximum atomic E-state index is 11.9. The Hall–Kier alpha value is -2.76. The van der Waals surface area contributed by atoms with Crippen LogP contribution in [-0.4, -0.2) is 27.0 Å². The first-order valence-electron chi connectivity index (χ1n) is 5.49. The van der Waals surface area contributed by atoms with Gasteiger partial charge in [0.2, 0.25) is 0 Å².